The van der Waals surface area contributed by atoms with Crippen LogP contribution in [0.25, 0.3) is 16.7 Å². The standard InChI is InChI=1S/C46H47ClN4O6S2/c47-39-20-18-36(19-21-39)43-9-5-4-6-38(43)30-33-10-12-34(13-11-33)35-14-16-37(17-15-35)46(52)49-59(55,56)42-22-23-44(45(31-42)51(53)54)48-40(24-25-50-26-28-57-29-27-50)32-58-41-7-2-1-3-8-41/h1-9,12,14-23,31,33,40,48H,10-11,13,24-30,32H2,(H,49,52)/t33?,40-/m1/s1. The average molecular weight is 851 g/mol. The number of rotatable bonds is 16. The smallest absolute Gasteiger partial charge is 0.293 e. The first-order valence-corrected chi connectivity index (χ1v) is 22.7. The van der Waals surface area contributed by atoms with Gasteiger partial charge in [0.15, 0.2) is 0 Å². The monoisotopic (exact) mass is 850 g/mol. The molecule has 0 spiro atoms. The lowest BCUT2D eigenvalue weighted by atomic mass is 9.82. The summed E-state index contributed by atoms with van der Waals surface area (Å²) in [5.41, 5.74) is 5.83. The number of sulfonamides is 1. The van der Waals surface area contributed by atoms with Gasteiger partial charge in [0.05, 0.1) is 23.0 Å². The molecule has 5 aromatic rings. The van der Waals surface area contributed by atoms with Crippen LogP contribution < -0.4 is 10.0 Å². The van der Waals surface area contributed by atoms with E-state index in [0.717, 1.165) is 67.4 Å². The van der Waals surface area contributed by atoms with E-state index in [2.05, 4.69) is 57.4 Å². The Kier molecular flexibility index (Phi) is 14.2. The predicted molar refractivity (Wildman–Crippen MR) is 237 cm³/mol. The number of carbonyl (C=O) groups excluding carboxylic acids is 1. The first kappa shape index (κ1) is 42.2. The minimum Gasteiger partial charge on any atom is -0.379 e. The van der Waals surface area contributed by atoms with Gasteiger partial charge >= 0.3 is 0 Å². The number of thioether (sulfide) groups is 1. The third kappa shape index (κ3) is 11.4. The lowest BCUT2D eigenvalue weighted by Gasteiger charge is -2.29. The van der Waals surface area contributed by atoms with E-state index in [1.54, 1.807) is 23.9 Å². The van der Waals surface area contributed by atoms with Crippen molar-refractivity contribution in [1.82, 2.24) is 9.62 Å². The molecular formula is C46H47ClN4O6S2. The fraction of sp³-hybridized carbons (Fsp3) is 0.283. The minimum absolute atomic E-state index is 0.152. The Morgan fingerprint density at radius 3 is 2.34 bits per heavy atom. The number of allylic oxidation sites excluding steroid dienone is 2. The summed E-state index contributed by atoms with van der Waals surface area (Å²) >= 11 is 7.77. The maximum Gasteiger partial charge on any atom is 0.293 e. The number of anilines is 1. The summed E-state index contributed by atoms with van der Waals surface area (Å²) in [6.07, 6.45) is 6.76. The van der Waals surface area contributed by atoms with Gasteiger partial charge in [0.2, 0.25) is 0 Å². The van der Waals surface area contributed by atoms with Crippen molar-refractivity contribution in [2.24, 2.45) is 5.92 Å². The molecule has 1 aliphatic heterocycles. The molecule has 1 saturated heterocycles. The molecule has 0 saturated carbocycles. The van der Waals surface area contributed by atoms with Crippen LogP contribution in [0.3, 0.4) is 0 Å². The number of nitrogens with zero attached hydrogens (tertiary/aromatic N) is 2. The van der Waals surface area contributed by atoms with Crippen molar-refractivity contribution >= 4 is 56.2 Å². The molecule has 2 atom stereocenters. The Labute approximate surface area is 355 Å². The lowest BCUT2D eigenvalue weighted by Crippen LogP contribution is -2.39. The van der Waals surface area contributed by atoms with Crippen LogP contribution in [0, 0.1) is 16.0 Å². The molecule has 7 rings (SSSR count). The van der Waals surface area contributed by atoms with Crippen molar-refractivity contribution in [1.29, 1.82) is 0 Å². The van der Waals surface area contributed by atoms with Gasteiger partial charge in [-0.1, -0.05) is 84.4 Å². The number of nitro groups is 1. The molecule has 306 valence electrons. The van der Waals surface area contributed by atoms with Gasteiger partial charge < -0.3 is 10.1 Å². The summed E-state index contributed by atoms with van der Waals surface area (Å²) in [6, 6.07) is 36.8. The Hall–Kier alpha value is -4.98. The Bertz CT molecular complexity index is 2370. The number of hydrogen-bond donors (Lipinski definition) is 2. The second-order valence-electron chi connectivity index (χ2n) is 14.9. The predicted octanol–water partition coefficient (Wildman–Crippen LogP) is 9.76. The number of carbonyl (C=O) groups is 1. The maximum atomic E-state index is 13.4. The molecule has 1 aliphatic carbocycles. The van der Waals surface area contributed by atoms with Crippen LogP contribution in [0.15, 0.2) is 137 Å². The molecule has 0 radical (unpaired) electrons. The molecule has 0 aromatic heterocycles. The number of nitro benzene ring substituents is 1. The number of ether oxygens (including phenoxy) is 1. The van der Waals surface area contributed by atoms with Gasteiger partial charge in [-0.05, 0) is 114 Å². The number of morpholine rings is 1. The topological polar surface area (TPSA) is 131 Å². The number of benzene rings is 5. The number of nitrogens with one attached hydrogen (secondary N) is 2. The van der Waals surface area contributed by atoms with Gasteiger partial charge in [0.1, 0.15) is 5.69 Å². The normalized spacial score (nSPS) is 16.5. The van der Waals surface area contributed by atoms with Crippen LogP contribution in [0.2, 0.25) is 5.02 Å². The van der Waals surface area contributed by atoms with E-state index < -0.39 is 20.9 Å². The van der Waals surface area contributed by atoms with Gasteiger partial charge in [-0.15, -0.1) is 11.8 Å². The van der Waals surface area contributed by atoms with Crippen LogP contribution >= 0.6 is 23.4 Å². The first-order valence-electron chi connectivity index (χ1n) is 19.8. The third-order valence-electron chi connectivity index (χ3n) is 10.9. The zero-order chi connectivity index (χ0) is 41.2. The molecule has 10 nitrogen and oxygen atoms in total. The molecule has 0 bridgehead atoms. The first-order chi connectivity index (χ1) is 28.6. The highest BCUT2D eigenvalue weighted by molar-refractivity contribution is 7.99. The fourth-order valence-corrected chi connectivity index (χ4v) is 9.69. The summed E-state index contributed by atoms with van der Waals surface area (Å²) < 4.78 is 34.5. The average Bonchev–Trinajstić information content (AvgIpc) is 3.26. The Morgan fingerprint density at radius 2 is 1.63 bits per heavy atom. The van der Waals surface area contributed by atoms with Crippen molar-refractivity contribution in [2.45, 2.75) is 47.9 Å². The van der Waals surface area contributed by atoms with E-state index in [-0.39, 0.29) is 27.9 Å². The van der Waals surface area contributed by atoms with Crippen molar-refractivity contribution in [3.8, 4) is 11.1 Å². The van der Waals surface area contributed by atoms with Gasteiger partial charge in [-0.2, -0.15) is 0 Å². The van der Waals surface area contributed by atoms with E-state index in [4.69, 9.17) is 16.3 Å². The highest BCUT2D eigenvalue weighted by atomic mass is 35.5. The Morgan fingerprint density at radius 1 is 0.915 bits per heavy atom. The summed E-state index contributed by atoms with van der Waals surface area (Å²) in [5.74, 6) is 0.308. The third-order valence-corrected chi connectivity index (χ3v) is 13.6. The molecule has 1 amide bonds. The van der Waals surface area contributed by atoms with Gasteiger partial charge in [0.25, 0.3) is 21.6 Å². The van der Waals surface area contributed by atoms with E-state index in [0.29, 0.717) is 36.3 Å². The number of amides is 1. The van der Waals surface area contributed by atoms with E-state index >= 15 is 0 Å². The molecule has 13 heteroatoms. The summed E-state index contributed by atoms with van der Waals surface area (Å²) in [7, 11) is -4.44. The highest BCUT2D eigenvalue weighted by Gasteiger charge is 2.26. The zero-order valence-electron chi connectivity index (χ0n) is 32.6. The molecule has 1 heterocycles. The SMILES string of the molecule is O=C(NS(=O)(=O)c1ccc(N[C@H](CCN2CCOCC2)CSc2ccccc2)c([N+](=O)[O-])c1)c1ccc(C2=CCC(Cc3ccccc3-c3ccc(Cl)cc3)CC2)cc1. The summed E-state index contributed by atoms with van der Waals surface area (Å²) in [5, 5.41) is 16.3. The van der Waals surface area contributed by atoms with Crippen molar-refractivity contribution in [3.05, 3.63) is 159 Å². The van der Waals surface area contributed by atoms with Gasteiger partial charge in [-0.3, -0.25) is 19.8 Å². The number of halogens is 1. The second kappa shape index (κ2) is 19.8. The molecule has 5 aromatic carbocycles. The largest absolute Gasteiger partial charge is 0.379 e. The van der Waals surface area contributed by atoms with Crippen LogP contribution in [0.1, 0.15) is 47.2 Å². The maximum absolute atomic E-state index is 13.4. The quantitative estimate of drug-likeness (QED) is 0.0566. The molecule has 2 aliphatic rings. The molecule has 59 heavy (non-hydrogen) atoms. The van der Waals surface area contributed by atoms with Gasteiger partial charge in [-0.25, -0.2) is 13.1 Å². The van der Waals surface area contributed by atoms with Crippen molar-refractivity contribution < 1.29 is 22.9 Å². The van der Waals surface area contributed by atoms with Crippen LogP contribution in [0.4, 0.5) is 11.4 Å². The number of hydrogen-bond acceptors (Lipinski definition) is 9. The summed E-state index contributed by atoms with van der Waals surface area (Å²) in [4.78, 5) is 27.9. The van der Waals surface area contributed by atoms with Crippen molar-refractivity contribution in [2.75, 3.05) is 43.9 Å². The Balaban J connectivity index is 0.977. The fourth-order valence-electron chi connectivity index (χ4n) is 7.58. The van der Waals surface area contributed by atoms with Crippen LogP contribution in [-0.2, 0) is 21.2 Å². The molecular weight excluding hydrogens is 804 g/mol. The molecule has 1 fully saturated rings. The summed E-state index contributed by atoms with van der Waals surface area (Å²) in [6.45, 7) is 3.77. The molecule has 1 unspecified atom stereocenters. The minimum atomic E-state index is -4.44. The second-order valence-corrected chi connectivity index (χ2v) is 18.1. The highest BCUT2D eigenvalue weighted by Crippen LogP contribution is 2.35. The van der Waals surface area contributed by atoms with Gasteiger partial charge in [0, 0.05) is 53.0 Å². The van der Waals surface area contributed by atoms with Crippen LogP contribution in [0.5, 0.6) is 0 Å². The zero-order valence-corrected chi connectivity index (χ0v) is 35.0. The lowest BCUT2D eigenvalue weighted by molar-refractivity contribution is -0.384. The van der Waals surface area contributed by atoms with Crippen molar-refractivity contribution in [3.63, 3.8) is 0 Å². The van der Waals surface area contributed by atoms with E-state index in [1.807, 2.05) is 54.6 Å². The van der Waals surface area contributed by atoms with E-state index in [9.17, 15) is 23.3 Å². The molecule has 2 N–H and O–H groups in total. The van der Waals surface area contributed by atoms with E-state index in [1.165, 1.54) is 28.8 Å². The van der Waals surface area contributed by atoms with Crippen LogP contribution in [-0.4, -0.2) is 68.8 Å².